The van der Waals surface area contributed by atoms with E-state index in [1.807, 2.05) is 0 Å². The van der Waals surface area contributed by atoms with Crippen molar-refractivity contribution in [2.75, 3.05) is 0 Å². The number of rotatable bonds is 18. The van der Waals surface area contributed by atoms with E-state index in [9.17, 15) is 9.59 Å². The molecular weight excluding hydrogens is 328 g/mol. The molecule has 0 aromatic rings. The van der Waals surface area contributed by atoms with Crippen molar-refractivity contribution in [3.05, 3.63) is 0 Å². The van der Waals surface area contributed by atoms with Crippen LogP contribution >= 0.6 is 0 Å². The van der Waals surface area contributed by atoms with Crippen LogP contribution in [0.25, 0.3) is 0 Å². The Kier molecular flexibility index (Phi) is 23.8. The molecule has 0 rings (SSSR count). The number of ketones is 1. The molecule has 0 bridgehead atoms. The molecule has 0 amide bonds. The molecule has 140 valence electrons. The van der Waals surface area contributed by atoms with Gasteiger partial charge in [0, 0.05) is 6.42 Å². The average molecular weight is 369 g/mol. The van der Waals surface area contributed by atoms with Gasteiger partial charge < -0.3 is 5.11 Å². The van der Waals surface area contributed by atoms with Crippen molar-refractivity contribution in [1.29, 1.82) is 0 Å². The molecule has 0 aliphatic carbocycles. The van der Waals surface area contributed by atoms with E-state index >= 15 is 0 Å². The fourth-order valence-electron chi connectivity index (χ4n) is 2.95. The van der Waals surface area contributed by atoms with Gasteiger partial charge in [0.15, 0.2) is 0 Å². The minimum absolute atomic E-state index is 0. The molecule has 0 atom stereocenters. The van der Waals surface area contributed by atoms with Crippen molar-refractivity contribution in [3.63, 3.8) is 0 Å². The number of hydrogen-bond acceptors (Lipinski definition) is 2. The van der Waals surface area contributed by atoms with Gasteiger partial charge in [0.1, 0.15) is 12.2 Å². The Balaban J connectivity index is 0. The Morgan fingerprint density at radius 2 is 0.958 bits per heavy atom. The summed E-state index contributed by atoms with van der Waals surface area (Å²) in [6.45, 7) is 2.26. The van der Waals surface area contributed by atoms with Gasteiger partial charge in [-0.2, -0.15) is 0 Å². The van der Waals surface area contributed by atoms with Crippen LogP contribution in [0.4, 0.5) is 0 Å². The second-order valence-electron chi connectivity index (χ2n) is 6.81. The number of carbonyl (C=O) groups is 2. The zero-order chi connectivity index (χ0) is 17.2. The number of carboxylic acid groups (broad SMARTS) is 1. The van der Waals surface area contributed by atoms with E-state index < -0.39 is 5.97 Å². The molecule has 0 aliphatic rings. The zero-order valence-electron chi connectivity index (χ0n) is 15.3. The molecule has 0 radical (unpaired) electrons. The summed E-state index contributed by atoms with van der Waals surface area (Å²) in [5.74, 6) is -1.14. The number of hydrogen-bond donors (Lipinski definition) is 1. The van der Waals surface area contributed by atoms with Crippen LogP contribution in [0, 0.1) is 0 Å². The Morgan fingerprint density at radius 3 is 1.29 bits per heavy atom. The van der Waals surface area contributed by atoms with Crippen LogP contribution < -0.4 is 0 Å². The predicted molar refractivity (Wildman–Crippen MR) is 105 cm³/mol. The molecular formula is C20H40CaO3. The van der Waals surface area contributed by atoms with Crippen LogP contribution in [0.3, 0.4) is 0 Å². The van der Waals surface area contributed by atoms with E-state index in [-0.39, 0.29) is 49.9 Å². The standard InChI is InChI=1S/C20H38O3.Ca.2H/c1-2-3-4-5-6-7-8-9-10-11-12-13-14-15-16-17-19(21)18-20(22)23;;;/h2-18H2,1H3,(H,22,23);;;. The molecule has 0 saturated heterocycles. The number of carboxylic acids is 1. The molecule has 24 heavy (non-hydrogen) atoms. The number of carbonyl (C=O) groups excluding carboxylic acids is 1. The molecule has 1 N–H and O–H groups in total. The first kappa shape index (κ1) is 26.6. The van der Waals surface area contributed by atoms with E-state index in [2.05, 4.69) is 6.92 Å². The third-order valence-corrected chi connectivity index (χ3v) is 4.41. The topological polar surface area (TPSA) is 54.4 Å². The third kappa shape index (κ3) is 22.4. The van der Waals surface area contributed by atoms with E-state index in [0.29, 0.717) is 6.42 Å². The minimum atomic E-state index is -1.00. The average Bonchev–Trinajstić information content (AvgIpc) is 2.50. The molecule has 0 spiro atoms. The summed E-state index contributed by atoms with van der Waals surface area (Å²) in [6.07, 6.45) is 19.7. The quantitative estimate of drug-likeness (QED) is 0.201. The summed E-state index contributed by atoms with van der Waals surface area (Å²) in [4.78, 5) is 21.6. The summed E-state index contributed by atoms with van der Waals surface area (Å²) in [6, 6.07) is 0. The van der Waals surface area contributed by atoms with Gasteiger partial charge in [-0.15, -0.1) is 0 Å². The third-order valence-electron chi connectivity index (χ3n) is 4.41. The van der Waals surface area contributed by atoms with E-state index in [1.165, 1.54) is 83.5 Å². The Hall–Kier alpha value is 0.400. The molecule has 0 heterocycles. The summed E-state index contributed by atoms with van der Waals surface area (Å²) < 4.78 is 0. The first-order chi connectivity index (χ1) is 11.2. The van der Waals surface area contributed by atoms with Crippen LogP contribution in [0.2, 0.25) is 0 Å². The summed E-state index contributed by atoms with van der Waals surface area (Å²) in [5, 5.41) is 8.49. The van der Waals surface area contributed by atoms with Gasteiger partial charge in [0.25, 0.3) is 0 Å². The van der Waals surface area contributed by atoms with Gasteiger partial charge in [-0.1, -0.05) is 96.8 Å². The van der Waals surface area contributed by atoms with Crippen molar-refractivity contribution < 1.29 is 14.7 Å². The van der Waals surface area contributed by atoms with Gasteiger partial charge in [-0.3, -0.25) is 9.59 Å². The fraction of sp³-hybridized carbons (Fsp3) is 0.900. The Labute approximate surface area is 179 Å². The van der Waals surface area contributed by atoms with Gasteiger partial charge in [-0.05, 0) is 6.42 Å². The Bertz CT molecular complexity index is 293. The van der Waals surface area contributed by atoms with Crippen molar-refractivity contribution >= 4 is 49.5 Å². The number of aliphatic carboxylic acids is 1. The number of Topliss-reactive ketones (excluding diaryl/α,β-unsaturated/α-hetero) is 1. The predicted octanol–water partition coefficient (Wildman–Crippen LogP) is 5.38. The van der Waals surface area contributed by atoms with Crippen LogP contribution in [-0.2, 0) is 9.59 Å². The molecule has 3 nitrogen and oxygen atoms in total. The maximum absolute atomic E-state index is 11.2. The maximum atomic E-state index is 11.2. The summed E-state index contributed by atoms with van der Waals surface area (Å²) in [5.41, 5.74) is 0. The molecule has 0 fully saturated rings. The van der Waals surface area contributed by atoms with Gasteiger partial charge in [0.2, 0.25) is 0 Å². The molecule has 4 heteroatoms. The van der Waals surface area contributed by atoms with Gasteiger partial charge in [0.05, 0.1) is 0 Å². The van der Waals surface area contributed by atoms with E-state index in [1.54, 1.807) is 0 Å². The van der Waals surface area contributed by atoms with Crippen LogP contribution in [0.5, 0.6) is 0 Å². The molecule has 0 unspecified atom stereocenters. The van der Waals surface area contributed by atoms with E-state index in [0.717, 1.165) is 12.8 Å². The van der Waals surface area contributed by atoms with Crippen LogP contribution in [0.1, 0.15) is 116 Å². The van der Waals surface area contributed by atoms with E-state index in [4.69, 9.17) is 5.11 Å². The summed E-state index contributed by atoms with van der Waals surface area (Å²) >= 11 is 0. The summed E-state index contributed by atoms with van der Waals surface area (Å²) in [7, 11) is 0. The molecule has 0 aromatic heterocycles. The molecule has 0 aliphatic heterocycles. The van der Waals surface area contributed by atoms with Gasteiger partial charge >= 0.3 is 43.7 Å². The normalized spacial score (nSPS) is 10.4. The SMILES string of the molecule is CCCCCCCCCCCCCCCCCC(=O)CC(=O)O.[CaH2]. The second kappa shape index (κ2) is 21.4. The van der Waals surface area contributed by atoms with Crippen LogP contribution in [-0.4, -0.2) is 54.6 Å². The second-order valence-corrected chi connectivity index (χ2v) is 6.81. The van der Waals surface area contributed by atoms with Crippen molar-refractivity contribution in [2.45, 2.75) is 116 Å². The molecule has 0 aromatic carbocycles. The fourth-order valence-corrected chi connectivity index (χ4v) is 2.95. The van der Waals surface area contributed by atoms with Crippen LogP contribution in [0.15, 0.2) is 0 Å². The first-order valence-corrected chi connectivity index (χ1v) is 9.90. The van der Waals surface area contributed by atoms with Gasteiger partial charge in [-0.25, -0.2) is 0 Å². The molecule has 0 saturated carbocycles. The Morgan fingerprint density at radius 1 is 0.625 bits per heavy atom. The van der Waals surface area contributed by atoms with Crippen molar-refractivity contribution in [2.24, 2.45) is 0 Å². The van der Waals surface area contributed by atoms with Crippen molar-refractivity contribution in [1.82, 2.24) is 0 Å². The van der Waals surface area contributed by atoms with Crippen molar-refractivity contribution in [3.8, 4) is 0 Å². The number of unbranched alkanes of at least 4 members (excludes halogenated alkanes) is 14. The monoisotopic (exact) mass is 368 g/mol. The first-order valence-electron chi connectivity index (χ1n) is 9.90. The zero-order valence-corrected chi connectivity index (χ0v) is 15.3.